The predicted molar refractivity (Wildman–Crippen MR) is 73.5 cm³/mol. The van der Waals surface area contributed by atoms with Gasteiger partial charge in [-0.3, -0.25) is 0 Å². The van der Waals surface area contributed by atoms with Crippen molar-refractivity contribution in [2.75, 3.05) is 0 Å². The molecule has 3 rings (SSSR count). The van der Waals surface area contributed by atoms with E-state index in [-0.39, 0.29) is 5.69 Å². The number of thiazole rings is 1. The lowest BCUT2D eigenvalue weighted by Gasteiger charge is -2.00. The van der Waals surface area contributed by atoms with Gasteiger partial charge in [0.15, 0.2) is 5.69 Å². The number of nitrogens with zero attached hydrogens (tertiary/aromatic N) is 3. The summed E-state index contributed by atoms with van der Waals surface area (Å²) in [5.41, 5.74) is 2.94. The number of fused-ring (bicyclic) bond motifs is 1. The van der Waals surface area contributed by atoms with Gasteiger partial charge < -0.3 is 9.67 Å². The average molecular weight is 273 g/mol. The normalized spacial score (nSPS) is 11.0. The summed E-state index contributed by atoms with van der Waals surface area (Å²) in [7, 11) is 0. The lowest BCUT2D eigenvalue weighted by atomic mass is 10.2. The van der Waals surface area contributed by atoms with Crippen molar-refractivity contribution in [3.8, 4) is 10.6 Å². The van der Waals surface area contributed by atoms with Gasteiger partial charge in [-0.2, -0.15) is 0 Å². The molecule has 0 aliphatic carbocycles. The first kappa shape index (κ1) is 11.9. The van der Waals surface area contributed by atoms with E-state index in [1.807, 2.05) is 18.2 Å². The molecule has 2 heterocycles. The van der Waals surface area contributed by atoms with Crippen molar-refractivity contribution in [2.45, 2.75) is 13.5 Å². The molecule has 1 N–H and O–H groups in total. The number of aryl methyl sites for hydroxylation is 1. The Kier molecular flexibility index (Phi) is 2.79. The fourth-order valence-corrected chi connectivity index (χ4v) is 2.74. The summed E-state index contributed by atoms with van der Waals surface area (Å²) in [4.78, 5) is 19.3. The van der Waals surface area contributed by atoms with Crippen LogP contribution in [-0.2, 0) is 6.54 Å². The molecule has 0 aliphatic heterocycles. The van der Waals surface area contributed by atoms with Crippen LogP contribution in [0, 0.1) is 0 Å². The quantitative estimate of drug-likeness (QED) is 0.796. The van der Waals surface area contributed by atoms with Crippen LogP contribution in [0.4, 0.5) is 0 Å². The fraction of sp³-hybridized carbons (Fsp3) is 0.154. The van der Waals surface area contributed by atoms with Crippen LogP contribution < -0.4 is 0 Å². The molecule has 0 bridgehead atoms. The smallest absolute Gasteiger partial charge is 0.355 e. The second-order valence-corrected chi connectivity index (χ2v) is 4.94. The van der Waals surface area contributed by atoms with Crippen molar-refractivity contribution in [1.82, 2.24) is 14.5 Å². The van der Waals surface area contributed by atoms with Crippen LogP contribution in [0.15, 0.2) is 29.9 Å². The van der Waals surface area contributed by atoms with Gasteiger partial charge in [-0.05, 0) is 25.1 Å². The first-order chi connectivity index (χ1) is 9.19. The number of hydrogen-bond acceptors (Lipinski definition) is 4. The van der Waals surface area contributed by atoms with Gasteiger partial charge in [0, 0.05) is 17.5 Å². The Hall–Kier alpha value is -2.21. The highest BCUT2D eigenvalue weighted by Gasteiger charge is 2.11. The molecule has 5 nitrogen and oxygen atoms in total. The van der Waals surface area contributed by atoms with E-state index in [9.17, 15) is 4.79 Å². The molecular formula is C13H11N3O2S. The van der Waals surface area contributed by atoms with Crippen molar-refractivity contribution < 1.29 is 9.90 Å². The number of carboxylic acids is 1. The molecule has 96 valence electrons. The first-order valence-corrected chi connectivity index (χ1v) is 6.71. The van der Waals surface area contributed by atoms with E-state index in [1.165, 1.54) is 11.3 Å². The number of aromatic carboxylic acids is 1. The molecule has 2 aromatic heterocycles. The van der Waals surface area contributed by atoms with Crippen molar-refractivity contribution in [2.24, 2.45) is 0 Å². The van der Waals surface area contributed by atoms with Crippen LogP contribution in [0.2, 0.25) is 0 Å². The maximum Gasteiger partial charge on any atom is 0.355 e. The maximum absolute atomic E-state index is 10.8. The Morgan fingerprint density at radius 3 is 3.00 bits per heavy atom. The predicted octanol–water partition coefficient (Wildman–Crippen LogP) is 2.88. The van der Waals surface area contributed by atoms with E-state index in [0.29, 0.717) is 5.01 Å². The van der Waals surface area contributed by atoms with Crippen molar-refractivity contribution in [3.63, 3.8) is 0 Å². The Morgan fingerprint density at radius 2 is 2.32 bits per heavy atom. The van der Waals surface area contributed by atoms with E-state index in [1.54, 1.807) is 11.7 Å². The minimum absolute atomic E-state index is 0.0826. The molecule has 19 heavy (non-hydrogen) atoms. The van der Waals surface area contributed by atoms with Crippen LogP contribution >= 0.6 is 11.3 Å². The van der Waals surface area contributed by atoms with Gasteiger partial charge in [0.2, 0.25) is 0 Å². The standard InChI is InChI=1S/C13H11N3O2S/c1-2-16-7-14-9-5-8(3-4-11(9)16)12-15-10(6-19-12)13(17)18/h3-7H,2H2,1H3,(H,17,18). The van der Waals surface area contributed by atoms with Crippen LogP contribution in [0.3, 0.4) is 0 Å². The SMILES string of the molecule is CCn1cnc2cc(-c3nc(C(=O)O)cs3)ccc21. The van der Waals surface area contributed by atoms with E-state index >= 15 is 0 Å². The molecule has 0 atom stereocenters. The van der Waals surface area contributed by atoms with E-state index in [2.05, 4.69) is 21.5 Å². The number of carbonyl (C=O) groups is 1. The van der Waals surface area contributed by atoms with Crippen LogP contribution in [0.25, 0.3) is 21.6 Å². The number of rotatable bonds is 3. The van der Waals surface area contributed by atoms with Gasteiger partial charge in [0.25, 0.3) is 0 Å². The molecule has 0 amide bonds. The molecule has 3 aromatic rings. The number of hydrogen-bond donors (Lipinski definition) is 1. The van der Waals surface area contributed by atoms with Crippen molar-refractivity contribution in [3.05, 3.63) is 35.6 Å². The third-order valence-corrected chi connectivity index (χ3v) is 3.82. The van der Waals surface area contributed by atoms with Crippen molar-refractivity contribution in [1.29, 1.82) is 0 Å². The summed E-state index contributed by atoms with van der Waals surface area (Å²) >= 11 is 1.33. The Balaban J connectivity index is 2.07. The fourth-order valence-electron chi connectivity index (χ4n) is 1.95. The highest BCUT2D eigenvalue weighted by atomic mass is 32.1. The second kappa shape index (κ2) is 4.47. The number of imidazole rings is 1. The van der Waals surface area contributed by atoms with Crippen molar-refractivity contribution >= 4 is 28.3 Å². The molecule has 0 fully saturated rings. The third-order valence-electron chi connectivity index (χ3n) is 2.93. The minimum atomic E-state index is -1.00. The molecule has 0 saturated carbocycles. The summed E-state index contributed by atoms with van der Waals surface area (Å²) in [6, 6.07) is 5.87. The Morgan fingerprint density at radius 1 is 1.47 bits per heavy atom. The minimum Gasteiger partial charge on any atom is -0.476 e. The van der Waals surface area contributed by atoms with Crippen LogP contribution in [0.5, 0.6) is 0 Å². The Bertz CT molecular complexity index is 760. The first-order valence-electron chi connectivity index (χ1n) is 5.83. The number of benzene rings is 1. The zero-order chi connectivity index (χ0) is 13.4. The second-order valence-electron chi connectivity index (χ2n) is 4.08. The van der Waals surface area contributed by atoms with Gasteiger partial charge in [-0.15, -0.1) is 11.3 Å². The summed E-state index contributed by atoms with van der Waals surface area (Å²) in [5, 5.41) is 11.1. The molecule has 0 spiro atoms. The number of carboxylic acid groups (broad SMARTS) is 1. The number of aromatic nitrogens is 3. The summed E-state index contributed by atoms with van der Waals surface area (Å²) in [5.74, 6) is -1.00. The van der Waals surface area contributed by atoms with Crippen LogP contribution in [0.1, 0.15) is 17.4 Å². The third kappa shape index (κ3) is 2.00. The van der Waals surface area contributed by atoms with Gasteiger partial charge in [0.05, 0.1) is 17.4 Å². The van der Waals surface area contributed by atoms with Gasteiger partial charge >= 0.3 is 5.97 Å². The molecule has 0 radical (unpaired) electrons. The monoisotopic (exact) mass is 273 g/mol. The van der Waals surface area contributed by atoms with Gasteiger partial charge in [0.1, 0.15) is 5.01 Å². The maximum atomic E-state index is 10.8. The molecule has 0 aliphatic rings. The van der Waals surface area contributed by atoms with E-state index in [4.69, 9.17) is 5.11 Å². The lowest BCUT2D eigenvalue weighted by Crippen LogP contribution is -1.95. The van der Waals surface area contributed by atoms with Crippen LogP contribution in [-0.4, -0.2) is 25.6 Å². The average Bonchev–Trinajstić information content (AvgIpc) is 3.04. The molecular weight excluding hydrogens is 262 g/mol. The zero-order valence-corrected chi connectivity index (χ0v) is 11.0. The Labute approximate surface area is 113 Å². The lowest BCUT2D eigenvalue weighted by molar-refractivity contribution is 0.0691. The summed E-state index contributed by atoms with van der Waals surface area (Å²) in [6.07, 6.45) is 1.80. The van der Waals surface area contributed by atoms with Gasteiger partial charge in [-0.25, -0.2) is 14.8 Å². The van der Waals surface area contributed by atoms with E-state index in [0.717, 1.165) is 23.1 Å². The zero-order valence-electron chi connectivity index (χ0n) is 10.2. The topological polar surface area (TPSA) is 68.0 Å². The molecule has 0 saturated heterocycles. The highest BCUT2D eigenvalue weighted by molar-refractivity contribution is 7.13. The van der Waals surface area contributed by atoms with E-state index < -0.39 is 5.97 Å². The molecule has 6 heteroatoms. The largest absolute Gasteiger partial charge is 0.476 e. The molecule has 1 aromatic carbocycles. The summed E-state index contributed by atoms with van der Waals surface area (Å²) in [6.45, 7) is 2.94. The molecule has 0 unspecified atom stereocenters. The highest BCUT2D eigenvalue weighted by Crippen LogP contribution is 2.26. The van der Waals surface area contributed by atoms with Gasteiger partial charge in [-0.1, -0.05) is 0 Å². The summed E-state index contributed by atoms with van der Waals surface area (Å²) < 4.78 is 2.06.